The number of aliphatic carboxylic acids is 1. The highest BCUT2D eigenvalue weighted by atomic mass is 32.2. The summed E-state index contributed by atoms with van der Waals surface area (Å²) in [5.41, 5.74) is 4.85. The largest absolute Gasteiger partial charge is 0.480 e. The minimum Gasteiger partial charge on any atom is -0.480 e. The second kappa shape index (κ2) is 5.61. The number of primary amides is 1. The summed E-state index contributed by atoms with van der Waals surface area (Å²) in [6.45, 7) is 0. The summed E-state index contributed by atoms with van der Waals surface area (Å²) >= 11 is 0. The number of hydrogen-bond donors (Lipinski definition) is 3. The number of carbonyl (C=O) groups is 2. The van der Waals surface area contributed by atoms with E-state index in [-0.39, 0.29) is 4.90 Å². The Morgan fingerprint density at radius 1 is 1.28 bits per heavy atom. The molecule has 98 valence electrons. The Bertz CT molecular complexity index is 541. The zero-order chi connectivity index (χ0) is 13.8. The fourth-order valence-electron chi connectivity index (χ4n) is 1.24. The minimum absolute atomic E-state index is 0.0827. The molecule has 1 amide bonds. The third-order valence-corrected chi connectivity index (χ3v) is 3.54. The standard InChI is InChI=1S/C10H12N2O5S/c11-9(13)6-8(10(14)15)12-18(16,17)7-4-2-1-3-5-7/h1-5,8,12H,6H2,(H2,11,13)(H,14,15). The van der Waals surface area contributed by atoms with Gasteiger partial charge in [-0.3, -0.25) is 9.59 Å². The summed E-state index contributed by atoms with van der Waals surface area (Å²) in [5.74, 6) is -2.37. The molecular weight excluding hydrogens is 260 g/mol. The van der Waals surface area contributed by atoms with Gasteiger partial charge in [0.05, 0.1) is 11.3 Å². The van der Waals surface area contributed by atoms with E-state index in [0.717, 1.165) is 0 Å². The van der Waals surface area contributed by atoms with Crippen molar-refractivity contribution >= 4 is 21.9 Å². The first-order valence-electron chi connectivity index (χ1n) is 4.91. The van der Waals surface area contributed by atoms with Crippen molar-refractivity contribution in [3.63, 3.8) is 0 Å². The van der Waals surface area contributed by atoms with Crippen molar-refractivity contribution in [2.24, 2.45) is 5.73 Å². The third-order valence-electron chi connectivity index (χ3n) is 2.05. The molecule has 1 aromatic rings. The van der Waals surface area contributed by atoms with Crippen molar-refractivity contribution < 1.29 is 23.1 Å². The molecule has 18 heavy (non-hydrogen) atoms. The number of amides is 1. The van der Waals surface area contributed by atoms with E-state index in [1.54, 1.807) is 6.07 Å². The molecule has 4 N–H and O–H groups in total. The number of carboxylic acids is 1. The van der Waals surface area contributed by atoms with Crippen molar-refractivity contribution in [3.05, 3.63) is 30.3 Å². The SMILES string of the molecule is NC(=O)CC(NS(=O)(=O)c1ccccc1)C(=O)O. The van der Waals surface area contributed by atoms with Crippen LogP contribution in [0.25, 0.3) is 0 Å². The molecule has 0 spiro atoms. The van der Waals surface area contributed by atoms with Gasteiger partial charge >= 0.3 is 5.97 Å². The zero-order valence-corrected chi connectivity index (χ0v) is 10.1. The van der Waals surface area contributed by atoms with Gasteiger partial charge in [-0.2, -0.15) is 4.72 Å². The molecule has 8 heteroatoms. The second-order valence-corrected chi connectivity index (χ2v) is 5.21. The van der Waals surface area contributed by atoms with Crippen molar-refractivity contribution in [2.75, 3.05) is 0 Å². The van der Waals surface area contributed by atoms with Crippen LogP contribution in [0.4, 0.5) is 0 Å². The van der Waals surface area contributed by atoms with Gasteiger partial charge in [-0.1, -0.05) is 18.2 Å². The molecule has 7 nitrogen and oxygen atoms in total. The number of rotatable bonds is 6. The second-order valence-electron chi connectivity index (χ2n) is 3.50. The Hall–Kier alpha value is -1.93. The molecule has 0 radical (unpaired) electrons. The molecule has 0 bridgehead atoms. The van der Waals surface area contributed by atoms with Gasteiger partial charge in [-0.15, -0.1) is 0 Å². The van der Waals surface area contributed by atoms with Gasteiger partial charge in [0.1, 0.15) is 6.04 Å². The molecule has 0 saturated heterocycles. The van der Waals surface area contributed by atoms with Gasteiger partial charge in [0.15, 0.2) is 0 Å². The summed E-state index contributed by atoms with van der Waals surface area (Å²) < 4.78 is 25.5. The number of nitrogens with two attached hydrogens (primary N) is 1. The molecule has 0 aromatic heterocycles. The molecule has 0 aliphatic carbocycles. The summed E-state index contributed by atoms with van der Waals surface area (Å²) in [4.78, 5) is 21.4. The molecule has 0 heterocycles. The average molecular weight is 272 g/mol. The van der Waals surface area contributed by atoms with Crippen LogP contribution in [0.5, 0.6) is 0 Å². The van der Waals surface area contributed by atoms with E-state index in [1.807, 2.05) is 4.72 Å². The van der Waals surface area contributed by atoms with E-state index < -0.39 is 34.4 Å². The highest BCUT2D eigenvalue weighted by Gasteiger charge is 2.26. The van der Waals surface area contributed by atoms with Crippen LogP contribution < -0.4 is 10.5 Å². The first kappa shape index (κ1) is 14.1. The van der Waals surface area contributed by atoms with Crippen LogP contribution in [0, 0.1) is 0 Å². The van der Waals surface area contributed by atoms with Crippen LogP contribution in [0.3, 0.4) is 0 Å². The highest BCUT2D eigenvalue weighted by molar-refractivity contribution is 7.89. The zero-order valence-electron chi connectivity index (χ0n) is 9.24. The molecule has 0 aliphatic heterocycles. The maximum Gasteiger partial charge on any atom is 0.322 e. The van der Waals surface area contributed by atoms with E-state index in [2.05, 4.69) is 0 Å². The smallest absolute Gasteiger partial charge is 0.322 e. The van der Waals surface area contributed by atoms with Crippen LogP contribution in [-0.4, -0.2) is 31.4 Å². The normalized spacial score (nSPS) is 12.9. The van der Waals surface area contributed by atoms with Crippen LogP contribution in [0.1, 0.15) is 6.42 Å². The Morgan fingerprint density at radius 2 is 1.83 bits per heavy atom. The van der Waals surface area contributed by atoms with Crippen molar-refractivity contribution in [1.82, 2.24) is 4.72 Å². The van der Waals surface area contributed by atoms with E-state index >= 15 is 0 Å². The van der Waals surface area contributed by atoms with Crippen LogP contribution >= 0.6 is 0 Å². The van der Waals surface area contributed by atoms with Gasteiger partial charge < -0.3 is 10.8 Å². The van der Waals surface area contributed by atoms with Gasteiger partial charge in [0.2, 0.25) is 15.9 Å². The molecule has 1 atom stereocenters. The molecule has 0 aliphatic rings. The van der Waals surface area contributed by atoms with E-state index in [9.17, 15) is 18.0 Å². The number of hydrogen-bond acceptors (Lipinski definition) is 4. The number of carbonyl (C=O) groups excluding carboxylic acids is 1. The first-order valence-corrected chi connectivity index (χ1v) is 6.40. The molecule has 1 aromatic carbocycles. The number of carboxylic acid groups (broad SMARTS) is 1. The summed E-state index contributed by atoms with van der Waals surface area (Å²) in [6.07, 6.45) is -0.610. The summed E-state index contributed by atoms with van der Waals surface area (Å²) in [7, 11) is -3.99. The maximum atomic E-state index is 11.8. The third kappa shape index (κ3) is 3.82. The molecular formula is C10H12N2O5S. The molecule has 1 rings (SSSR count). The van der Waals surface area contributed by atoms with E-state index in [1.165, 1.54) is 24.3 Å². The number of benzene rings is 1. The maximum absolute atomic E-state index is 11.8. The van der Waals surface area contributed by atoms with Gasteiger partial charge in [0.25, 0.3) is 0 Å². The predicted octanol–water partition coefficient (Wildman–Crippen LogP) is -0.706. The minimum atomic E-state index is -3.99. The van der Waals surface area contributed by atoms with E-state index in [0.29, 0.717) is 0 Å². The number of nitrogens with one attached hydrogen (secondary N) is 1. The summed E-state index contributed by atoms with van der Waals surface area (Å²) in [6, 6.07) is 5.66. The monoisotopic (exact) mass is 272 g/mol. The highest BCUT2D eigenvalue weighted by Crippen LogP contribution is 2.09. The lowest BCUT2D eigenvalue weighted by molar-refractivity contribution is -0.140. The van der Waals surface area contributed by atoms with Crippen molar-refractivity contribution in [3.8, 4) is 0 Å². The molecule has 0 fully saturated rings. The Balaban J connectivity index is 2.93. The molecule has 1 unspecified atom stereocenters. The lowest BCUT2D eigenvalue weighted by Gasteiger charge is -2.13. The fraction of sp³-hybridized carbons (Fsp3) is 0.200. The Morgan fingerprint density at radius 3 is 2.28 bits per heavy atom. The summed E-state index contributed by atoms with van der Waals surface area (Å²) in [5, 5.41) is 8.80. The van der Waals surface area contributed by atoms with Crippen molar-refractivity contribution in [2.45, 2.75) is 17.4 Å². The topological polar surface area (TPSA) is 127 Å². The first-order chi connectivity index (χ1) is 8.33. The Labute approximate surface area is 104 Å². The fourth-order valence-corrected chi connectivity index (χ4v) is 2.45. The molecule has 0 saturated carbocycles. The van der Waals surface area contributed by atoms with Crippen LogP contribution in [0.2, 0.25) is 0 Å². The van der Waals surface area contributed by atoms with Crippen LogP contribution in [0.15, 0.2) is 35.2 Å². The number of sulfonamides is 1. The van der Waals surface area contributed by atoms with Gasteiger partial charge in [-0.25, -0.2) is 8.42 Å². The van der Waals surface area contributed by atoms with Crippen LogP contribution in [-0.2, 0) is 19.6 Å². The lowest BCUT2D eigenvalue weighted by atomic mass is 10.2. The average Bonchev–Trinajstić information content (AvgIpc) is 2.28. The quantitative estimate of drug-likeness (QED) is 0.630. The van der Waals surface area contributed by atoms with Crippen molar-refractivity contribution in [1.29, 1.82) is 0 Å². The van der Waals surface area contributed by atoms with E-state index in [4.69, 9.17) is 10.8 Å². The predicted molar refractivity (Wildman–Crippen MR) is 62.0 cm³/mol. The van der Waals surface area contributed by atoms with Gasteiger partial charge in [-0.05, 0) is 12.1 Å². The lowest BCUT2D eigenvalue weighted by Crippen LogP contribution is -2.43. The van der Waals surface area contributed by atoms with Gasteiger partial charge in [0, 0.05) is 0 Å². The Kier molecular flexibility index (Phi) is 4.40.